The first-order valence-electron chi connectivity index (χ1n) is 9.49. The molecule has 0 atom stereocenters. The van der Waals surface area contributed by atoms with E-state index in [9.17, 15) is 37.7 Å². The highest BCUT2D eigenvalue weighted by atomic mass is 35.5. The zero-order valence-electron chi connectivity index (χ0n) is 17.3. The van der Waals surface area contributed by atoms with Crippen LogP contribution in [0.4, 0.5) is 28.9 Å². The van der Waals surface area contributed by atoms with E-state index in [4.69, 9.17) is 16.3 Å². The number of ether oxygens (including phenoxy) is 1. The molecule has 0 unspecified atom stereocenters. The van der Waals surface area contributed by atoms with Gasteiger partial charge in [-0.3, -0.25) is 14.9 Å². The maximum atomic E-state index is 13.0. The van der Waals surface area contributed by atoms with Gasteiger partial charge in [0, 0.05) is 11.8 Å². The van der Waals surface area contributed by atoms with Crippen LogP contribution in [0.1, 0.15) is 11.1 Å². The van der Waals surface area contributed by atoms with E-state index >= 15 is 0 Å². The van der Waals surface area contributed by atoms with Gasteiger partial charge >= 0.3 is 11.9 Å². The number of nitrogens with one attached hydrogen (secondary N) is 1. The minimum atomic E-state index is -4.78. The van der Waals surface area contributed by atoms with Crippen molar-refractivity contribution in [2.45, 2.75) is 6.18 Å². The predicted molar refractivity (Wildman–Crippen MR) is 118 cm³/mol. The Hall–Kier alpha value is -4.43. The summed E-state index contributed by atoms with van der Waals surface area (Å²) in [5.74, 6) is -1.85. The van der Waals surface area contributed by atoms with Gasteiger partial charge in [-0.15, -0.1) is 0 Å². The van der Waals surface area contributed by atoms with E-state index in [0.717, 1.165) is 18.2 Å². The Morgan fingerprint density at radius 2 is 1.74 bits per heavy atom. The molecule has 0 aliphatic rings. The van der Waals surface area contributed by atoms with Crippen molar-refractivity contribution in [2.75, 3.05) is 5.32 Å². The van der Waals surface area contributed by atoms with Crippen LogP contribution in [0.25, 0.3) is 6.08 Å². The summed E-state index contributed by atoms with van der Waals surface area (Å²) in [6, 6.07) is 12.3. The molecular formula is C23H12ClF4N3O4. The second-order valence-corrected chi connectivity index (χ2v) is 7.27. The van der Waals surface area contributed by atoms with Gasteiger partial charge in [-0.05, 0) is 60.2 Å². The number of carbonyl (C=O) groups excluding carboxylic acids is 1. The number of nitro benzene ring substituents is 1. The van der Waals surface area contributed by atoms with E-state index in [0.29, 0.717) is 12.1 Å². The molecule has 1 N–H and O–H groups in total. The summed E-state index contributed by atoms with van der Waals surface area (Å²) in [7, 11) is 0. The van der Waals surface area contributed by atoms with Crippen LogP contribution in [0.5, 0.6) is 11.5 Å². The molecule has 0 bridgehead atoms. The minimum Gasteiger partial charge on any atom is -0.449 e. The van der Waals surface area contributed by atoms with E-state index in [1.165, 1.54) is 36.4 Å². The van der Waals surface area contributed by atoms with E-state index in [1.807, 2.05) is 0 Å². The quantitative estimate of drug-likeness (QED) is 0.131. The third-order valence-corrected chi connectivity index (χ3v) is 4.73. The summed E-state index contributed by atoms with van der Waals surface area (Å²) in [5.41, 5.74) is -1.89. The first-order chi connectivity index (χ1) is 16.5. The predicted octanol–water partition coefficient (Wildman–Crippen LogP) is 6.74. The Balaban J connectivity index is 1.83. The number of hydrogen-bond acceptors (Lipinski definition) is 5. The molecule has 0 saturated carbocycles. The molecule has 1 amide bonds. The Kier molecular flexibility index (Phi) is 7.37. The Morgan fingerprint density at radius 1 is 1.09 bits per heavy atom. The SMILES string of the molecule is N#C/C(=C/c1ccc(Oc2ccc(C(F)(F)F)cc2[N+](=O)[O-])c(Cl)c1)C(=O)Nc1ccc(F)cc1. The molecule has 3 rings (SSSR count). The average molecular weight is 506 g/mol. The smallest absolute Gasteiger partial charge is 0.416 e. The standard InChI is InChI=1S/C23H12ClF4N3O4/c24-18-10-13(9-14(12-29)22(32)30-17-5-3-16(25)4-6-17)1-7-20(18)35-21-8-2-15(23(26,27)28)11-19(21)31(33)34/h1-11H,(H,30,32)/b14-9-. The number of halogens is 5. The van der Waals surface area contributed by atoms with Gasteiger partial charge < -0.3 is 10.1 Å². The van der Waals surface area contributed by atoms with Crippen molar-refractivity contribution in [2.24, 2.45) is 0 Å². The van der Waals surface area contributed by atoms with Crippen LogP contribution >= 0.6 is 11.6 Å². The third kappa shape index (κ3) is 6.33. The number of hydrogen-bond donors (Lipinski definition) is 1. The molecule has 3 aromatic rings. The zero-order chi connectivity index (χ0) is 25.8. The Morgan fingerprint density at radius 3 is 2.31 bits per heavy atom. The molecular weight excluding hydrogens is 494 g/mol. The summed E-state index contributed by atoms with van der Waals surface area (Å²) in [5, 5.41) is 22.9. The lowest BCUT2D eigenvalue weighted by molar-refractivity contribution is -0.385. The highest BCUT2D eigenvalue weighted by Gasteiger charge is 2.33. The maximum absolute atomic E-state index is 13.0. The van der Waals surface area contributed by atoms with Crippen molar-refractivity contribution in [1.29, 1.82) is 5.26 Å². The molecule has 3 aromatic carbocycles. The summed E-state index contributed by atoms with van der Waals surface area (Å²) < 4.78 is 57.0. The molecule has 0 aliphatic carbocycles. The van der Waals surface area contributed by atoms with Gasteiger partial charge in [0.05, 0.1) is 15.5 Å². The molecule has 0 aromatic heterocycles. The molecule has 0 saturated heterocycles. The van der Waals surface area contributed by atoms with Crippen molar-refractivity contribution >= 4 is 35.0 Å². The van der Waals surface area contributed by atoms with E-state index in [2.05, 4.69) is 5.32 Å². The lowest BCUT2D eigenvalue weighted by atomic mass is 10.1. The molecule has 0 radical (unpaired) electrons. The van der Waals surface area contributed by atoms with Gasteiger partial charge in [-0.1, -0.05) is 17.7 Å². The molecule has 12 heteroatoms. The summed E-state index contributed by atoms with van der Waals surface area (Å²) >= 11 is 6.14. The molecule has 0 spiro atoms. The fourth-order valence-electron chi connectivity index (χ4n) is 2.78. The Labute approximate surface area is 200 Å². The maximum Gasteiger partial charge on any atom is 0.416 e. The topological polar surface area (TPSA) is 105 Å². The largest absolute Gasteiger partial charge is 0.449 e. The second kappa shape index (κ2) is 10.2. The molecule has 0 aliphatic heterocycles. The van der Waals surface area contributed by atoms with E-state index < -0.39 is 39.8 Å². The van der Waals surface area contributed by atoms with Crippen molar-refractivity contribution in [3.63, 3.8) is 0 Å². The molecule has 35 heavy (non-hydrogen) atoms. The highest BCUT2D eigenvalue weighted by molar-refractivity contribution is 6.32. The number of rotatable bonds is 6. The first-order valence-corrected chi connectivity index (χ1v) is 9.87. The van der Waals surface area contributed by atoms with E-state index in [1.54, 1.807) is 6.07 Å². The summed E-state index contributed by atoms with van der Waals surface area (Å²) in [6.07, 6.45) is -3.58. The number of nitro groups is 1. The van der Waals surface area contributed by atoms with Crippen LogP contribution in [0.3, 0.4) is 0 Å². The average Bonchev–Trinajstić information content (AvgIpc) is 2.80. The number of nitrogens with zero attached hydrogens (tertiary/aromatic N) is 2. The van der Waals surface area contributed by atoms with Gasteiger partial charge in [-0.2, -0.15) is 18.4 Å². The number of benzene rings is 3. The van der Waals surface area contributed by atoms with Crippen LogP contribution in [0, 0.1) is 27.3 Å². The normalized spacial score (nSPS) is 11.5. The third-order valence-electron chi connectivity index (χ3n) is 4.44. The molecule has 0 fully saturated rings. The second-order valence-electron chi connectivity index (χ2n) is 6.86. The minimum absolute atomic E-state index is 0.0934. The number of amides is 1. The first kappa shape index (κ1) is 25.2. The fourth-order valence-corrected chi connectivity index (χ4v) is 3.01. The van der Waals surface area contributed by atoms with Crippen LogP contribution in [-0.2, 0) is 11.0 Å². The van der Waals surface area contributed by atoms with Crippen molar-refractivity contribution in [1.82, 2.24) is 0 Å². The number of nitriles is 1. The van der Waals surface area contributed by atoms with Crippen LogP contribution in [-0.4, -0.2) is 10.8 Å². The number of carbonyl (C=O) groups is 1. The monoisotopic (exact) mass is 505 g/mol. The number of alkyl halides is 3. The van der Waals surface area contributed by atoms with Gasteiger partial charge in [-0.25, -0.2) is 4.39 Å². The van der Waals surface area contributed by atoms with E-state index in [-0.39, 0.29) is 27.6 Å². The fraction of sp³-hybridized carbons (Fsp3) is 0.0435. The van der Waals surface area contributed by atoms with Crippen LogP contribution < -0.4 is 10.1 Å². The van der Waals surface area contributed by atoms with Crippen LogP contribution in [0.2, 0.25) is 5.02 Å². The lowest BCUT2D eigenvalue weighted by Crippen LogP contribution is -2.13. The molecule has 7 nitrogen and oxygen atoms in total. The van der Waals surface area contributed by atoms with Gasteiger partial charge in [0.15, 0.2) is 0 Å². The highest BCUT2D eigenvalue weighted by Crippen LogP contribution is 2.39. The molecule has 178 valence electrons. The van der Waals surface area contributed by atoms with Crippen molar-refractivity contribution < 1.29 is 32.0 Å². The lowest BCUT2D eigenvalue weighted by Gasteiger charge is -2.11. The number of anilines is 1. The zero-order valence-corrected chi connectivity index (χ0v) is 18.0. The molecule has 0 heterocycles. The van der Waals surface area contributed by atoms with Crippen LogP contribution in [0.15, 0.2) is 66.2 Å². The van der Waals surface area contributed by atoms with Gasteiger partial charge in [0.2, 0.25) is 5.75 Å². The van der Waals surface area contributed by atoms with Gasteiger partial charge in [0.1, 0.15) is 23.2 Å². The summed E-state index contributed by atoms with van der Waals surface area (Å²) in [4.78, 5) is 22.5. The van der Waals surface area contributed by atoms with Gasteiger partial charge in [0.25, 0.3) is 5.91 Å². The summed E-state index contributed by atoms with van der Waals surface area (Å²) in [6.45, 7) is 0. The van der Waals surface area contributed by atoms with Crippen molar-refractivity contribution in [3.8, 4) is 17.6 Å². The Bertz CT molecular complexity index is 1370. The van der Waals surface area contributed by atoms with Crippen molar-refractivity contribution in [3.05, 3.63) is 98.3 Å².